The topological polar surface area (TPSA) is 90.3 Å². The van der Waals surface area contributed by atoms with Gasteiger partial charge in [-0.1, -0.05) is 6.07 Å². The van der Waals surface area contributed by atoms with Crippen molar-refractivity contribution >= 4 is 32.8 Å². The molecule has 1 fully saturated rings. The van der Waals surface area contributed by atoms with E-state index in [1.54, 1.807) is 35.0 Å². The standard InChI is InChI=1S/C20H21N3O4S2/c1-2-27-16-7-5-14(6-8-16)21-20(24)17-12-18(19-4-3-10-28-19)23(22-17)15-9-11-29(25,26)13-15/h3-8,10,12,15H,2,9,11,13H2,1H3,(H,21,24). The van der Waals surface area contributed by atoms with Gasteiger partial charge in [-0.25, -0.2) is 8.42 Å². The molecule has 1 aliphatic rings. The van der Waals surface area contributed by atoms with Crippen LogP contribution >= 0.6 is 11.3 Å². The van der Waals surface area contributed by atoms with Gasteiger partial charge < -0.3 is 10.1 Å². The van der Waals surface area contributed by atoms with Crippen molar-refractivity contribution in [3.8, 4) is 16.3 Å². The number of carbonyl (C=O) groups excluding carboxylic acids is 1. The largest absolute Gasteiger partial charge is 0.494 e. The number of rotatable bonds is 6. The van der Waals surface area contributed by atoms with Crippen LogP contribution in [0.1, 0.15) is 29.9 Å². The van der Waals surface area contributed by atoms with Crippen LogP contribution < -0.4 is 10.1 Å². The minimum absolute atomic E-state index is 0.0486. The van der Waals surface area contributed by atoms with Crippen molar-refractivity contribution < 1.29 is 17.9 Å². The Morgan fingerprint density at radius 3 is 2.72 bits per heavy atom. The lowest BCUT2D eigenvalue weighted by atomic mass is 10.2. The molecule has 0 bridgehead atoms. The molecular weight excluding hydrogens is 410 g/mol. The van der Waals surface area contributed by atoms with E-state index in [0.717, 1.165) is 16.3 Å². The van der Waals surface area contributed by atoms with Crippen molar-refractivity contribution in [2.75, 3.05) is 23.4 Å². The third kappa shape index (κ3) is 4.35. The quantitative estimate of drug-likeness (QED) is 0.644. The summed E-state index contributed by atoms with van der Waals surface area (Å²) in [5.74, 6) is 0.589. The van der Waals surface area contributed by atoms with Crippen LogP contribution in [-0.4, -0.2) is 42.2 Å². The maximum atomic E-state index is 12.8. The number of hydrogen-bond donors (Lipinski definition) is 1. The number of benzene rings is 1. The third-order valence-electron chi connectivity index (χ3n) is 4.72. The van der Waals surface area contributed by atoms with E-state index < -0.39 is 9.84 Å². The van der Waals surface area contributed by atoms with Gasteiger partial charge in [-0.05, 0) is 55.1 Å². The lowest BCUT2D eigenvalue weighted by Crippen LogP contribution is -2.16. The number of nitrogens with one attached hydrogen (secondary N) is 1. The van der Waals surface area contributed by atoms with Crippen LogP contribution in [0.15, 0.2) is 47.8 Å². The van der Waals surface area contributed by atoms with Crippen molar-refractivity contribution in [2.24, 2.45) is 0 Å². The van der Waals surface area contributed by atoms with Crippen LogP contribution in [0.5, 0.6) is 5.75 Å². The molecule has 1 N–H and O–H groups in total. The minimum atomic E-state index is -3.07. The lowest BCUT2D eigenvalue weighted by Gasteiger charge is -2.12. The molecule has 2 aromatic heterocycles. The number of thiophene rings is 1. The van der Waals surface area contributed by atoms with E-state index in [-0.39, 0.29) is 29.1 Å². The van der Waals surface area contributed by atoms with Crippen LogP contribution in [0.2, 0.25) is 0 Å². The predicted octanol–water partition coefficient (Wildman–Crippen LogP) is 3.62. The molecule has 1 aromatic carbocycles. The van der Waals surface area contributed by atoms with Gasteiger partial charge in [0, 0.05) is 5.69 Å². The van der Waals surface area contributed by atoms with Crippen molar-refractivity contribution in [1.82, 2.24) is 9.78 Å². The Balaban J connectivity index is 1.60. The monoisotopic (exact) mass is 431 g/mol. The van der Waals surface area contributed by atoms with Gasteiger partial charge in [-0.2, -0.15) is 5.10 Å². The Morgan fingerprint density at radius 2 is 2.10 bits per heavy atom. The van der Waals surface area contributed by atoms with Gasteiger partial charge in [0.25, 0.3) is 5.91 Å². The summed E-state index contributed by atoms with van der Waals surface area (Å²) in [7, 11) is -3.07. The van der Waals surface area contributed by atoms with E-state index >= 15 is 0 Å². The second kappa shape index (κ2) is 8.00. The van der Waals surface area contributed by atoms with E-state index in [4.69, 9.17) is 4.74 Å². The molecule has 1 aliphatic heterocycles. The van der Waals surface area contributed by atoms with E-state index in [2.05, 4.69) is 10.4 Å². The molecule has 4 rings (SSSR count). The SMILES string of the molecule is CCOc1ccc(NC(=O)c2cc(-c3cccs3)n(C3CCS(=O)(=O)C3)n2)cc1. The van der Waals surface area contributed by atoms with Crippen LogP contribution in [0, 0.1) is 0 Å². The maximum absolute atomic E-state index is 12.8. The number of amides is 1. The first-order valence-electron chi connectivity index (χ1n) is 9.33. The fourth-order valence-corrected chi connectivity index (χ4v) is 5.78. The minimum Gasteiger partial charge on any atom is -0.494 e. The van der Waals surface area contributed by atoms with E-state index in [1.165, 1.54) is 11.3 Å². The molecule has 3 heterocycles. The summed E-state index contributed by atoms with van der Waals surface area (Å²) in [6, 6.07) is 12.4. The molecule has 0 aliphatic carbocycles. The second-order valence-electron chi connectivity index (χ2n) is 6.81. The highest BCUT2D eigenvalue weighted by atomic mass is 32.2. The van der Waals surface area contributed by atoms with E-state index in [9.17, 15) is 13.2 Å². The Kier molecular flexibility index (Phi) is 5.42. The predicted molar refractivity (Wildman–Crippen MR) is 113 cm³/mol. The summed E-state index contributed by atoms with van der Waals surface area (Å²) in [6.45, 7) is 2.48. The maximum Gasteiger partial charge on any atom is 0.276 e. The summed E-state index contributed by atoms with van der Waals surface area (Å²) in [5.41, 5.74) is 1.65. The van der Waals surface area contributed by atoms with Gasteiger partial charge in [0.05, 0.1) is 34.7 Å². The molecule has 1 atom stereocenters. The molecule has 152 valence electrons. The number of anilines is 1. The van der Waals surface area contributed by atoms with Gasteiger partial charge >= 0.3 is 0 Å². The zero-order valence-electron chi connectivity index (χ0n) is 15.9. The molecule has 0 spiro atoms. The molecule has 1 unspecified atom stereocenters. The summed E-state index contributed by atoms with van der Waals surface area (Å²) in [4.78, 5) is 13.7. The van der Waals surface area contributed by atoms with Gasteiger partial charge in [0.2, 0.25) is 0 Å². The zero-order valence-corrected chi connectivity index (χ0v) is 17.5. The summed E-state index contributed by atoms with van der Waals surface area (Å²) < 4.78 is 31.0. The zero-order chi connectivity index (χ0) is 20.4. The van der Waals surface area contributed by atoms with Crippen LogP contribution in [0.3, 0.4) is 0 Å². The molecule has 7 nitrogen and oxygen atoms in total. The average molecular weight is 432 g/mol. The van der Waals surface area contributed by atoms with Crippen molar-refractivity contribution in [3.63, 3.8) is 0 Å². The van der Waals surface area contributed by atoms with Crippen molar-refractivity contribution in [3.05, 3.63) is 53.5 Å². The van der Waals surface area contributed by atoms with E-state index in [1.807, 2.05) is 24.4 Å². The Bertz CT molecular complexity index is 1100. The summed E-state index contributed by atoms with van der Waals surface area (Å²) in [5, 5.41) is 9.26. The highest BCUT2D eigenvalue weighted by Crippen LogP contribution is 2.32. The second-order valence-corrected chi connectivity index (χ2v) is 9.98. The fourth-order valence-electron chi connectivity index (χ4n) is 3.36. The number of sulfone groups is 1. The summed E-state index contributed by atoms with van der Waals surface area (Å²) in [6.07, 6.45) is 0.502. The molecular formula is C20H21N3O4S2. The first-order chi connectivity index (χ1) is 13.9. The average Bonchev–Trinajstić information content (AvgIpc) is 3.42. The summed E-state index contributed by atoms with van der Waals surface area (Å²) >= 11 is 1.53. The molecule has 3 aromatic rings. The normalized spacial score (nSPS) is 17.9. The first kappa shape index (κ1) is 19.7. The van der Waals surface area contributed by atoms with E-state index in [0.29, 0.717) is 18.7 Å². The number of aromatic nitrogens is 2. The number of carbonyl (C=O) groups is 1. The van der Waals surface area contributed by atoms with Crippen molar-refractivity contribution in [1.29, 1.82) is 0 Å². The Hall–Kier alpha value is -2.65. The fraction of sp³-hybridized carbons (Fsp3) is 0.300. The first-order valence-corrected chi connectivity index (χ1v) is 12.0. The third-order valence-corrected chi connectivity index (χ3v) is 7.36. The molecule has 29 heavy (non-hydrogen) atoms. The number of nitrogens with zero attached hydrogens (tertiary/aromatic N) is 2. The highest BCUT2D eigenvalue weighted by Gasteiger charge is 2.32. The van der Waals surface area contributed by atoms with Crippen molar-refractivity contribution in [2.45, 2.75) is 19.4 Å². The lowest BCUT2D eigenvalue weighted by molar-refractivity contribution is 0.102. The highest BCUT2D eigenvalue weighted by molar-refractivity contribution is 7.91. The molecule has 0 radical (unpaired) electrons. The molecule has 0 saturated carbocycles. The molecule has 1 amide bonds. The van der Waals surface area contributed by atoms with Crippen LogP contribution in [-0.2, 0) is 9.84 Å². The van der Waals surface area contributed by atoms with Gasteiger partial charge in [0.1, 0.15) is 5.75 Å². The number of hydrogen-bond acceptors (Lipinski definition) is 6. The van der Waals surface area contributed by atoms with Gasteiger partial charge in [0.15, 0.2) is 15.5 Å². The number of ether oxygens (including phenoxy) is 1. The van der Waals surface area contributed by atoms with Gasteiger partial charge in [-0.3, -0.25) is 9.48 Å². The Morgan fingerprint density at radius 1 is 1.31 bits per heavy atom. The molecule has 1 saturated heterocycles. The van der Waals surface area contributed by atoms with Gasteiger partial charge in [-0.15, -0.1) is 11.3 Å². The van der Waals surface area contributed by atoms with Crippen LogP contribution in [0.25, 0.3) is 10.6 Å². The molecule has 9 heteroatoms. The van der Waals surface area contributed by atoms with Crippen LogP contribution in [0.4, 0.5) is 5.69 Å². The Labute approximate surface area is 173 Å². The smallest absolute Gasteiger partial charge is 0.276 e.